The highest BCUT2D eigenvalue weighted by atomic mass is 16.6. The Labute approximate surface area is 200 Å². The molecule has 182 valence electrons. The van der Waals surface area contributed by atoms with E-state index in [1.165, 1.54) is 12.0 Å². The van der Waals surface area contributed by atoms with Crippen molar-refractivity contribution in [1.29, 1.82) is 0 Å². The van der Waals surface area contributed by atoms with E-state index in [9.17, 15) is 14.4 Å². The maximum Gasteiger partial charge on any atom is 0.410 e. The summed E-state index contributed by atoms with van der Waals surface area (Å²) in [5.41, 5.74) is 0.956. The van der Waals surface area contributed by atoms with Crippen molar-refractivity contribution >= 4 is 18.2 Å². The number of carbonyl (C=O) groups is 3. The molecule has 1 aliphatic rings. The SMILES string of the molecule is COC(=O)C1CC(NC(=O)OC(C)(C)C)C(c2ccccc2)N(C(=O)OCc2ccccc2)C1. The Morgan fingerprint density at radius 3 is 2.21 bits per heavy atom. The zero-order valence-electron chi connectivity index (χ0n) is 20.0. The molecule has 0 bridgehead atoms. The smallest absolute Gasteiger partial charge is 0.410 e. The number of piperidine rings is 1. The number of benzene rings is 2. The summed E-state index contributed by atoms with van der Waals surface area (Å²) in [6.07, 6.45) is -0.919. The normalized spacial score (nSPS) is 20.2. The first kappa shape index (κ1) is 25.1. The van der Waals surface area contributed by atoms with Gasteiger partial charge in [0.25, 0.3) is 0 Å². The molecule has 34 heavy (non-hydrogen) atoms. The Morgan fingerprint density at radius 2 is 1.62 bits per heavy atom. The molecule has 8 nitrogen and oxygen atoms in total. The predicted octanol–water partition coefficient (Wildman–Crippen LogP) is 4.45. The van der Waals surface area contributed by atoms with Crippen molar-refractivity contribution in [1.82, 2.24) is 10.2 Å². The van der Waals surface area contributed by atoms with Crippen LogP contribution in [0.1, 0.15) is 44.4 Å². The molecular formula is C26H32N2O6. The fourth-order valence-electron chi connectivity index (χ4n) is 4.07. The number of esters is 1. The minimum absolute atomic E-state index is 0.0880. The van der Waals surface area contributed by atoms with Crippen molar-refractivity contribution in [2.24, 2.45) is 5.92 Å². The van der Waals surface area contributed by atoms with Crippen LogP contribution in [0.5, 0.6) is 0 Å². The third-order valence-corrected chi connectivity index (χ3v) is 5.49. The molecule has 0 aliphatic carbocycles. The van der Waals surface area contributed by atoms with Crippen molar-refractivity contribution in [3.05, 3.63) is 71.8 Å². The fraction of sp³-hybridized carbons (Fsp3) is 0.423. The van der Waals surface area contributed by atoms with Crippen LogP contribution in [-0.4, -0.2) is 48.4 Å². The molecule has 3 rings (SSSR count). The molecule has 0 saturated carbocycles. The summed E-state index contributed by atoms with van der Waals surface area (Å²) in [6, 6.07) is 17.5. The highest BCUT2D eigenvalue weighted by molar-refractivity contribution is 5.76. The molecule has 1 fully saturated rings. The Kier molecular flexibility index (Phi) is 8.15. The fourth-order valence-corrected chi connectivity index (χ4v) is 4.07. The van der Waals surface area contributed by atoms with Gasteiger partial charge in [-0.1, -0.05) is 60.7 Å². The van der Waals surface area contributed by atoms with E-state index in [1.807, 2.05) is 60.7 Å². The van der Waals surface area contributed by atoms with Crippen molar-refractivity contribution in [3.8, 4) is 0 Å². The van der Waals surface area contributed by atoms with Crippen molar-refractivity contribution in [3.63, 3.8) is 0 Å². The molecule has 8 heteroatoms. The lowest BCUT2D eigenvalue weighted by Gasteiger charge is -2.43. The van der Waals surface area contributed by atoms with Gasteiger partial charge in [-0.3, -0.25) is 9.69 Å². The van der Waals surface area contributed by atoms with Gasteiger partial charge in [-0.15, -0.1) is 0 Å². The third kappa shape index (κ3) is 6.73. The Bertz CT molecular complexity index is 974. The van der Waals surface area contributed by atoms with E-state index in [0.29, 0.717) is 0 Å². The molecule has 2 amide bonds. The first-order chi connectivity index (χ1) is 16.2. The largest absolute Gasteiger partial charge is 0.469 e. The van der Waals surface area contributed by atoms with Gasteiger partial charge in [0.05, 0.1) is 25.1 Å². The van der Waals surface area contributed by atoms with Gasteiger partial charge in [-0.25, -0.2) is 9.59 Å². The highest BCUT2D eigenvalue weighted by Gasteiger charge is 2.44. The van der Waals surface area contributed by atoms with Crippen LogP contribution in [0.3, 0.4) is 0 Å². The maximum atomic E-state index is 13.3. The van der Waals surface area contributed by atoms with E-state index < -0.39 is 41.8 Å². The monoisotopic (exact) mass is 468 g/mol. The van der Waals surface area contributed by atoms with Crippen LogP contribution in [0.15, 0.2) is 60.7 Å². The van der Waals surface area contributed by atoms with Crippen molar-refractivity contribution in [2.45, 2.75) is 51.5 Å². The number of rotatable bonds is 5. The molecule has 0 aromatic heterocycles. The van der Waals surface area contributed by atoms with E-state index in [0.717, 1.165) is 11.1 Å². The summed E-state index contributed by atoms with van der Waals surface area (Å²) in [5.74, 6) is -1.09. The van der Waals surface area contributed by atoms with Crippen LogP contribution in [0.25, 0.3) is 0 Å². The van der Waals surface area contributed by atoms with Gasteiger partial charge in [0.15, 0.2) is 0 Å². The minimum Gasteiger partial charge on any atom is -0.469 e. The van der Waals surface area contributed by atoms with Crippen molar-refractivity contribution in [2.75, 3.05) is 13.7 Å². The van der Waals surface area contributed by atoms with Gasteiger partial charge in [0, 0.05) is 6.54 Å². The molecule has 3 atom stereocenters. The summed E-state index contributed by atoms with van der Waals surface area (Å²) in [6.45, 7) is 5.50. The number of nitrogens with one attached hydrogen (secondary N) is 1. The number of likely N-dealkylation sites (tertiary alicyclic amines) is 1. The number of methoxy groups -OCH3 is 1. The van der Waals surface area contributed by atoms with Crippen LogP contribution < -0.4 is 5.32 Å². The van der Waals surface area contributed by atoms with Gasteiger partial charge >= 0.3 is 18.2 Å². The van der Waals surface area contributed by atoms with Crippen molar-refractivity contribution < 1.29 is 28.6 Å². The second-order valence-corrected chi connectivity index (χ2v) is 9.26. The number of ether oxygens (including phenoxy) is 3. The Balaban J connectivity index is 1.90. The van der Waals surface area contributed by atoms with Gasteiger partial charge < -0.3 is 19.5 Å². The van der Waals surface area contributed by atoms with Crippen LogP contribution in [0.4, 0.5) is 9.59 Å². The van der Waals surface area contributed by atoms with E-state index in [2.05, 4.69) is 5.32 Å². The lowest BCUT2D eigenvalue weighted by atomic mass is 9.85. The second-order valence-electron chi connectivity index (χ2n) is 9.26. The quantitative estimate of drug-likeness (QED) is 0.515. The maximum absolute atomic E-state index is 13.3. The van der Waals surface area contributed by atoms with Gasteiger partial charge in [0.2, 0.25) is 0 Å². The van der Waals surface area contributed by atoms with Gasteiger partial charge in [-0.05, 0) is 38.3 Å². The van der Waals surface area contributed by atoms with Gasteiger partial charge in [-0.2, -0.15) is 0 Å². The van der Waals surface area contributed by atoms with E-state index >= 15 is 0 Å². The van der Waals surface area contributed by atoms with E-state index in [1.54, 1.807) is 20.8 Å². The molecular weight excluding hydrogens is 436 g/mol. The molecule has 1 N–H and O–H groups in total. The molecule has 0 radical (unpaired) electrons. The zero-order chi connectivity index (χ0) is 24.7. The molecule has 3 unspecified atom stereocenters. The number of amides is 2. The van der Waals surface area contributed by atoms with Crippen LogP contribution in [0.2, 0.25) is 0 Å². The minimum atomic E-state index is -0.697. The number of nitrogens with zero attached hydrogens (tertiary/aromatic N) is 1. The first-order valence-corrected chi connectivity index (χ1v) is 11.3. The lowest BCUT2D eigenvalue weighted by molar-refractivity contribution is -0.148. The van der Waals surface area contributed by atoms with Crippen LogP contribution in [0, 0.1) is 5.92 Å². The molecule has 1 saturated heterocycles. The first-order valence-electron chi connectivity index (χ1n) is 11.3. The predicted molar refractivity (Wildman–Crippen MR) is 126 cm³/mol. The summed E-state index contributed by atoms with van der Waals surface area (Å²) in [7, 11) is 1.31. The second kappa shape index (κ2) is 11.0. The topological polar surface area (TPSA) is 94.2 Å². The third-order valence-electron chi connectivity index (χ3n) is 5.49. The Morgan fingerprint density at radius 1 is 1.00 bits per heavy atom. The number of carbonyl (C=O) groups excluding carboxylic acids is 3. The molecule has 1 aliphatic heterocycles. The molecule has 2 aromatic carbocycles. The van der Waals surface area contributed by atoms with E-state index in [-0.39, 0.29) is 19.6 Å². The molecule has 1 heterocycles. The molecule has 0 spiro atoms. The summed E-state index contributed by atoms with van der Waals surface area (Å²) < 4.78 is 16.0. The lowest BCUT2D eigenvalue weighted by Crippen LogP contribution is -2.56. The standard InChI is InChI=1S/C26H32N2O6/c1-26(2,3)34-24(30)27-21-15-20(23(29)32-4)16-28(22(21)19-13-9-6-10-14-19)25(31)33-17-18-11-7-5-8-12-18/h5-14,20-22H,15-17H2,1-4H3,(H,27,30). The Hall–Kier alpha value is -3.55. The number of hydrogen-bond donors (Lipinski definition) is 1. The summed E-state index contributed by atoms with van der Waals surface area (Å²) >= 11 is 0. The van der Waals surface area contributed by atoms with Crippen LogP contribution >= 0.6 is 0 Å². The number of alkyl carbamates (subject to hydrolysis) is 1. The van der Waals surface area contributed by atoms with Gasteiger partial charge in [0.1, 0.15) is 12.2 Å². The molecule has 2 aromatic rings. The number of hydrogen-bond acceptors (Lipinski definition) is 6. The average molecular weight is 469 g/mol. The zero-order valence-corrected chi connectivity index (χ0v) is 20.0. The average Bonchev–Trinajstić information content (AvgIpc) is 2.81. The summed E-state index contributed by atoms with van der Waals surface area (Å²) in [5, 5.41) is 2.87. The highest BCUT2D eigenvalue weighted by Crippen LogP contribution is 2.35. The van der Waals surface area contributed by atoms with E-state index in [4.69, 9.17) is 14.2 Å². The van der Waals surface area contributed by atoms with Crippen LogP contribution in [-0.2, 0) is 25.6 Å². The summed E-state index contributed by atoms with van der Waals surface area (Å²) in [4.78, 5) is 39.9.